The Labute approximate surface area is 55.8 Å². The zero-order chi connectivity index (χ0) is 5.98. The molecule has 0 aliphatic heterocycles. The summed E-state index contributed by atoms with van der Waals surface area (Å²) >= 11 is 6.85. The molecule has 0 aromatic carbocycles. The van der Waals surface area contributed by atoms with Crippen molar-refractivity contribution in [2.75, 3.05) is 6.26 Å². The summed E-state index contributed by atoms with van der Waals surface area (Å²) < 4.78 is 0. The highest BCUT2D eigenvalue weighted by Gasteiger charge is 1.94. The van der Waals surface area contributed by atoms with Gasteiger partial charge in [0.15, 0.2) is 0 Å². The third kappa shape index (κ3) is 1.14. The van der Waals surface area contributed by atoms with Crippen LogP contribution in [0.15, 0.2) is 5.16 Å². The Morgan fingerprint density at radius 2 is 2.50 bits per heavy atom. The topological polar surface area (TPSA) is 41.6 Å². The quantitative estimate of drug-likeness (QED) is 0.610. The summed E-state index contributed by atoms with van der Waals surface area (Å²) in [4.78, 5) is 3.79. The molecular weight excluding hydrogens is 146 g/mol. The third-order valence-electron chi connectivity index (χ3n) is 0.620. The number of nitrogens with zero attached hydrogens (tertiary/aromatic N) is 2. The number of nitrogens with one attached hydrogen (secondary N) is 1. The summed E-state index contributed by atoms with van der Waals surface area (Å²) in [6, 6.07) is 0. The fourth-order valence-electron chi connectivity index (χ4n) is 0.319. The number of aromatic amines is 1. The van der Waals surface area contributed by atoms with Gasteiger partial charge in [0.2, 0.25) is 10.4 Å². The summed E-state index contributed by atoms with van der Waals surface area (Å²) in [5.41, 5.74) is 0. The van der Waals surface area contributed by atoms with Gasteiger partial charge in [0.1, 0.15) is 0 Å². The van der Waals surface area contributed by atoms with E-state index in [0.29, 0.717) is 10.4 Å². The first-order valence-corrected chi connectivity index (χ1v) is 3.55. The van der Waals surface area contributed by atoms with Crippen LogP contribution in [0.3, 0.4) is 0 Å². The summed E-state index contributed by atoms with van der Waals surface area (Å²) in [6.07, 6.45) is 1.89. The first-order chi connectivity index (χ1) is 3.83. The van der Waals surface area contributed by atoms with Gasteiger partial charge < -0.3 is 0 Å². The molecule has 0 unspecified atom stereocenters. The molecule has 3 nitrogen and oxygen atoms in total. The van der Waals surface area contributed by atoms with Crippen LogP contribution in [0.25, 0.3) is 0 Å². The molecule has 1 N–H and O–H groups in total. The Morgan fingerprint density at radius 3 is 2.75 bits per heavy atom. The van der Waals surface area contributed by atoms with Gasteiger partial charge in [-0.05, 0) is 17.9 Å². The summed E-state index contributed by atoms with van der Waals surface area (Å²) in [6.45, 7) is 0. The number of aromatic nitrogens is 3. The van der Waals surface area contributed by atoms with E-state index < -0.39 is 0 Å². The van der Waals surface area contributed by atoms with Crippen LogP contribution in [0.4, 0.5) is 0 Å². The third-order valence-corrected chi connectivity index (χ3v) is 1.34. The molecule has 0 radical (unpaired) electrons. The molecule has 44 valence electrons. The molecule has 1 rings (SSSR count). The molecule has 1 aromatic heterocycles. The highest BCUT2D eigenvalue weighted by Crippen LogP contribution is 2.08. The van der Waals surface area contributed by atoms with Crippen molar-refractivity contribution < 1.29 is 0 Å². The van der Waals surface area contributed by atoms with E-state index in [1.807, 2.05) is 6.26 Å². The maximum Gasteiger partial charge on any atom is 0.219 e. The SMILES string of the molecule is CSc1n[nH]c(Cl)n1. The molecule has 0 aliphatic rings. The van der Waals surface area contributed by atoms with Crippen LogP contribution in [0.2, 0.25) is 5.28 Å². The number of halogens is 1. The minimum absolute atomic E-state index is 0.342. The molecule has 8 heavy (non-hydrogen) atoms. The highest BCUT2D eigenvalue weighted by molar-refractivity contribution is 7.98. The average molecular weight is 150 g/mol. The molecular formula is C3H4ClN3S. The van der Waals surface area contributed by atoms with Crippen molar-refractivity contribution >= 4 is 23.4 Å². The Morgan fingerprint density at radius 1 is 1.75 bits per heavy atom. The van der Waals surface area contributed by atoms with E-state index in [-0.39, 0.29) is 0 Å². The van der Waals surface area contributed by atoms with Crippen LogP contribution in [0.1, 0.15) is 0 Å². The number of rotatable bonds is 1. The number of hydrogen-bond donors (Lipinski definition) is 1. The molecule has 1 heterocycles. The average Bonchev–Trinajstić information content (AvgIpc) is 2.14. The number of H-pyrrole nitrogens is 1. The van der Waals surface area contributed by atoms with E-state index in [1.165, 1.54) is 11.8 Å². The molecule has 0 atom stereocenters. The van der Waals surface area contributed by atoms with E-state index in [0.717, 1.165) is 0 Å². The second-order valence-corrected chi connectivity index (χ2v) is 2.24. The summed E-state index contributed by atoms with van der Waals surface area (Å²) in [5, 5.41) is 7.25. The first kappa shape index (κ1) is 5.91. The van der Waals surface area contributed by atoms with E-state index >= 15 is 0 Å². The predicted octanol–water partition coefficient (Wildman–Crippen LogP) is 1.18. The Balaban J connectivity index is 2.84. The van der Waals surface area contributed by atoms with Crippen LogP contribution in [-0.4, -0.2) is 21.4 Å². The van der Waals surface area contributed by atoms with Crippen molar-refractivity contribution in [2.45, 2.75) is 5.16 Å². The van der Waals surface area contributed by atoms with Crippen molar-refractivity contribution in [3.63, 3.8) is 0 Å². The normalized spacial score (nSPS) is 9.75. The standard InChI is InChI=1S/C3H4ClN3S/c1-8-3-5-2(4)6-7-3/h1H3,(H,5,6,7). The van der Waals surface area contributed by atoms with E-state index in [9.17, 15) is 0 Å². The van der Waals surface area contributed by atoms with Crippen molar-refractivity contribution in [1.82, 2.24) is 15.2 Å². The molecule has 0 spiro atoms. The molecule has 0 aliphatic carbocycles. The minimum atomic E-state index is 0.342. The summed E-state index contributed by atoms with van der Waals surface area (Å²) in [5.74, 6) is 0. The van der Waals surface area contributed by atoms with Gasteiger partial charge in [0.25, 0.3) is 0 Å². The zero-order valence-corrected chi connectivity index (χ0v) is 5.75. The Kier molecular flexibility index (Phi) is 1.75. The van der Waals surface area contributed by atoms with Gasteiger partial charge >= 0.3 is 0 Å². The minimum Gasteiger partial charge on any atom is -0.249 e. The van der Waals surface area contributed by atoms with Crippen molar-refractivity contribution in [3.05, 3.63) is 5.28 Å². The fraction of sp³-hybridized carbons (Fsp3) is 0.333. The smallest absolute Gasteiger partial charge is 0.219 e. The van der Waals surface area contributed by atoms with Gasteiger partial charge in [-0.2, -0.15) is 4.98 Å². The first-order valence-electron chi connectivity index (χ1n) is 1.95. The lowest BCUT2D eigenvalue weighted by Crippen LogP contribution is -1.68. The van der Waals surface area contributed by atoms with Gasteiger partial charge in [0.05, 0.1) is 0 Å². The van der Waals surface area contributed by atoms with Crippen LogP contribution in [0.5, 0.6) is 0 Å². The summed E-state index contributed by atoms with van der Waals surface area (Å²) in [7, 11) is 0. The molecule has 0 saturated heterocycles. The second kappa shape index (κ2) is 2.37. The lowest BCUT2D eigenvalue weighted by atomic mass is 11.3. The fourth-order valence-corrected chi connectivity index (χ4v) is 0.811. The number of thioether (sulfide) groups is 1. The van der Waals surface area contributed by atoms with Crippen LogP contribution < -0.4 is 0 Å². The highest BCUT2D eigenvalue weighted by atomic mass is 35.5. The Hall–Kier alpha value is -0.220. The van der Waals surface area contributed by atoms with Gasteiger partial charge in [-0.3, -0.25) is 0 Å². The monoisotopic (exact) mass is 149 g/mol. The largest absolute Gasteiger partial charge is 0.249 e. The molecule has 0 saturated carbocycles. The Bertz CT molecular complexity index is 175. The molecule has 5 heteroatoms. The van der Waals surface area contributed by atoms with Gasteiger partial charge in [-0.15, -0.1) is 5.10 Å². The van der Waals surface area contributed by atoms with E-state index in [4.69, 9.17) is 11.6 Å². The molecule has 0 bridgehead atoms. The van der Waals surface area contributed by atoms with E-state index in [2.05, 4.69) is 15.2 Å². The maximum absolute atomic E-state index is 5.40. The lowest BCUT2D eigenvalue weighted by molar-refractivity contribution is 0.976. The van der Waals surface area contributed by atoms with Gasteiger partial charge in [0, 0.05) is 0 Å². The predicted molar refractivity (Wildman–Crippen MR) is 33.2 cm³/mol. The molecule has 0 amide bonds. The van der Waals surface area contributed by atoms with Gasteiger partial charge in [-0.1, -0.05) is 11.8 Å². The van der Waals surface area contributed by atoms with Crippen molar-refractivity contribution in [1.29, 1.82) is 0 Å². The van der Waals surface area contributed by atoms with Crippen molar-refractivity contribution in [3.8, 4) is 0 Å². The van der Waals surface area contributed by atoms with Crippen LogP contribution in [0, 0.1) is 0 Å². The van der Waals surface area contributed by atoms with Crippen LogP contribution in [-0.2, 0) is 0 Å². The van der Waals surface area contributed by atoms with Crippen LogP contribution >= 0.6 is 23.4 Å². The van der Waals surface area contributed by atoms with E-state index in [1.54, 1.807) is 0 Å². The lowest BCUT2D eigenvalue weighted by Gasteiger charge is -1.75. The second-order valence-electron chi connectivity index (χ2n) is 1.11. The van der Waals surface area contributed by atoms with Gasteiger partial charge in [-0.25, -0.2) is 5.10 Å². The zero-order valence-electron chi connectivity index (χ0n) is 4.18. The van der Waals surface area contributed by atoms with Crippen molar-refractivity contribution in [2.24, 2.45) is 0 Å². The number of hydrogen-bond acceptors (Lipinski definition) is 3. The molecule has 1 aromatic rings. The molecule has 0 fully saturated rings. The maximum atomic E-state index is 5.40.